The Labute approximate surface area is 161 Å². The van der Waals surface area contributed by atoms with E-state index >= 15 is 0 Å². The number of aromatic hydroxyl groups is 1. The SMILES string of the molecule is N#Cc1c(O)c(C(=O)CCC(=O)O)nc2ccc(CCc3ccccc3)cc12. The molecule has 2 aromatic carbocycles. The molecule has 1 aromatic heterocycles. The number of fused-ring (bicyclic) bond motifs is 1. The van der Waals surface area contributed by atoms with Gasteiger partial charge in [0.05, 0.1) is 11.9 Å². The van der Waals surface area contributed by atoms with Crippen LogP contribution in [-0.2, 0) is 17.6 Å². The van der Waals surface area contributed by atoms with Gasteiger partial charge in [-0.05, 0) is 36.1 Å². The molecule has 3 aromatic rings. The first kappa shape index (κ1) is 19.1. The van der Waals surface area contributed by atoms with Gasteiger partial charge in [-0.2, -0.15) is 5.26 Å². The van der Waals surface area contributed by atoms with Crippen LogP contribution in [0.15, 0.2) is 48.5 Å². The predicted molar refractivity (Wildman–Crippen MR) is 103 cm³/mol. The lowest BCUT2D eigenvalue weighted by molar-refractivity contribution is -0.136. The van der Waals surface area contributed by atoms with Crippen molar-refractivity contribution in [3.05, 3.63) is 70.9 Å². The van der Waals surface area contributed by atoms with Gasteiger partial charge in [-0.1, -0.05) is 36.4 Å². The average Bonchev–Trinajstić information content (AvgIpc) is 2.70. The van der Waals surface area contributed by atoms with E-state index in [4.69, 9.17) is 5.11 Å². The number of carboxylic acids is 1. The summed E-state index contributed by atoms with van der Waals surface area (Å²) in [6, 6.07) is 17.3. The average molecular weight is 374 g/mol. The predicted octanol–water partition coefficient (Wildman–Crippen LogP) is 3.64. The van der Waals surface area contributed by atoms with Crippen LogP contribution in [0.3, 0.4) is 0 Å². The first-order chi connectivity index (χ1) is 13.5. The van der Waals surface area contributed by atoms with Crippen molar-refractivity contribution in [1.82, 2.24) is 4.98 Å². The zero-order chi connectivity index (χ0) is 20.1. The molecule has 0 radical (unpaired) electrons. The Kier molecular flexibility index (Phi) is 5.66. The molecule has 0 aliphatic heterocycles. The fourth-order valence-corrected chi connectivity index (χ4v) is 3.04. The van der Waals surface area contributed by atoms with E-state index in [2.05, 4.69) is 4.98 Å². The number of aliphatic carboxylic acids is 1. The molecular weight excluding hydrogens is 356 g/mol. The molecule has 0 aliphatic carbocycles. The summed E-state index contributed by atoms with van der Waals surface area (Å²) in [4.78, 5) is 27.1. The lowest BCUT2D eigenvalue weighted by Crippen LogP contribution is -2.07. The minimum atomic E-state index is -1.11. The fourth-order valence-electron chi connectivity index (χ4n) is 3.04. The van der Waals surface area contributed by atoms with Crippen molar-refractivity contribution in [2.45, 2.75) is 25.7 Å². The molecule has 0 saturated heterocycles. The Morgan fingerprint density at radius 2 is 1.71 bits per heavy atom. The van der Waals surface area contributed by atoms with Crippen molar-refractivity contribution < 1.29 is 19.8 Å². The zero-order valence-electron chi connectivity index (χ0n) is 15.1. The number of hydrogen-bond acceptors (Lipinski definition) is 5. The molecule has 1 heterocycles. The van der Waals surface area contributed by atoms with Crippen molar-refractivity contribution in [2.75, 3.05) is 0 Å². The van der Waals surface area contributed by atoms with E-state index in [9.17, 15) is 20.0 Å². The monoisotopic (exact) mass is 374 g/mol. The summed E-state index contributed by atoms with van der Waals surface area (Å²) < 4.78 is 0. The number of aryl methyl sites for hydroxylation is 2. The maximum atomic E-state index is 12.2. The van der Waals surface area contributed by atoms with E-state index in [-0.39, 0.29) is 24.1 Å². The molecule has 6 nitrogen and oxygen atoms in total. The van der Waals surface area contributed by atoms with Gasteiger partial charge in [-0.3, -0.25) is 9.59 Å². The normalized spacial score (nSPS) is 10.5. The van der Waals surface area contributed by atoms with Crippen LogP contribution >= 0.6 is 0 Å². The lowest BCUT2D eigenvalue weighted by atomic mass is 9.99. The first-order valence-electron chi connectivity index (χ1n) is 8.84. The second-order valence-corrected chi connectivity index (χ2v) is 6.45. The molecule has 0 aliphatic rings. The van der Waals surface area contributed by atoms with Gasteiger partial charge in [0, 0.05) is 11.8 Å². The van der Waals surface area contributed by atoms with Crippen LogP contribution in [0.5, 0.6) is 5.75 Å². The van der Waals surface area contributed by atoms with E-state index in [1.165, 1.54) is 5.56 Å². The van der Waals surface area contributed by atoms with Crippen LogP contribution in [-0.4, -0.2) is 26.9 Å². The number of benzene rings is 2. The molecule has 3 rings (SSSR count). The van der Waals surface area contributed by atoms with Crippen molar-refractivity contribution in [1.29, 1.82) is 5.26 Å². The second-order valence-electron chi connectivity index (χ2n) is 6.45. The smallest absolute Gasteiger partial charge is 0.303 e. The number of carboxylic acid groups (broad SMARTS) is 1. The molecule has 28 heavy (non-hydrogen) atoms. The standard InChI is InChI=1S/C22H18N2O4/c23-13-17-16-12-15(7-6-14-4-2-1-3-5-14)8-9-18(16)24-21(22(17)28)19(25)10-11-20(26)27/h1-5,8-9,12,28H,6-7,10-11H2,(H,26,27). The Bertz CT molecular complexity index is 1090. The van der Waals surface area contributed by atoms with Gasteiger partial charge < -0.3 is 10.2 Å². The quantitative estimate of drug-likeness (QED) is 0.611. The highest BCUT2D eigenvalue weighted by molar-refractivity contribution is 6.02. The Morgan fingerprint density at radius 1 is 1.00 bits per heavy atom. The van der Waals surface area contributed by atoms with Crippen molar-refractivity contribution in [3.63, 3.8) is 0 Å². The number of nitriles is 1. The summed E-state index contributed by atoms with van der Waals surface area (Å²) in [5.41, 5.74) is 2.31. The molecule has 6 heteroatoms. The minimum absolute atomic E-state index is 0.0229. The zero-order valence-corrected chi connectivity index (χ0v) is 15.1. The van der Waals surface area contributed by atoms with Crippen LogP contribution in [0.2, 0.25) is 0 Å². The summed E-state index contributed by atoms with van der Waals surface area (Å²) in [5.74, 6) is -2.21. The fraction of sp³-hybridized carbons (Fsp3) is 0.182. The highest BCUT2D eigenvalue weighted by Gasteiger charge is 2.20. The van der Waals surface area contributed by atoms with Gasteiger partial charge in [-0.25, -0.2) is 4.98 Å². The molecule has 0 saturated carbocycles. The summed E-state index contributed by atoms with van der Waals surface area (Å²) in [6.45, 7) is 0. The number of carbonyl (C=O) groups excluding carboxylic acids is 1. The third-order valence-electron chi connectivity index (χ3n) is 4.51. The molecule has 0 atom stereocenters. The van der Waals surface area contributed by atoms with Crippen LogP contribution in [0.4, 0.5) is 0 Å². The van der Waals surface area contributed by atoms with E-state index in [0.29, 0.717) is 10.9 Å². The first-order valence-corrected chi connectivity index (χ1v) is 8.84. The van der Waals surface area contributed by atoms with E-state index < -0.39 is 17.5 Å². The third-order valence-corrected chi connectivity index (χ3v) is 4.51. The van der Waals surface area contributed by atoms with Gasteiger partial charge in [0.15, 0.2) is 11.5 Å². The summed E-state index contributed by atoms with van der Waals surface area (Å²) in [5, 5.41) is 29.1. The topological polar surface area (TPSA) is 111 Å². The summed E-state index contributed by atoms with van der Waals surface area (Å²) in [7, 11) is 0. The van der Waals surface area contributed by atoms with Crippen molar-refractivity contribution in [3.8, 4) is 11.8 Å². The van der Waals surface area contributed by atoms with Gasteiger partial charge >= 0.3 is 5.97 Å². The molecule has 0 unspecified atom stereocenters. The van der Waals surface area contributed by atoms with Gasteiger partial charge in [0.25, 0.3) is 0 Å². The number of Topliss-reactive ketones (excluding diaryl/α,β-unsaturated/α-hetero) is 1. The molecule has 140 valence electrons. The Morgan fingerprint density at radius 3 is 2.39 bits per heavy atom. The lowest BCUT2D eigenvalue weighted by Gasteiger charge is -2.10. The highest BCUT2D eigenvalue weighted by atomic mass is 16.4. The van der Waals surface area contributed by atoms with E-state index in [0.717, 1.165) is 18.4 Å². The van der Waals surface area contributed by atoms with Crippen LogP contribution < -0.4 is 0 Å². The Balaban J connectivity index is 1.93. The van der Waals surface area contributed by atoms with E-state index in [1.807, 2.05) is 42.5 Å². The third kappa shape index (κ3) is 4.15. The molecular formula is C22H18N2O4. The molecule has 2 N–H and O–H groups in total. The number of aromatic nitrogens is 1. The van der Waals surface area contributed by atoms with Crippen LogP contribution in [0.25, 0.3) is 10.9 Å². The molecule has 0 amide bonds. The summed E-state index contributed by atoms with van der Waals surface area (Å²) >= 11 is 0. The maximum absolute atomic E-state index is 12.2. The molecule has 0 bridgehead atoms. The van der Waals surface area contributed by atoms with E-state index in [1.54, 1.807) is 12.1 Å². The number of pyridine rings is 1. The van der Waals surface area contributed by atoms with Crippen molar-refractivity contribution in [2.24, 2.45) is 0 Å². The number of hydrogen-bond donors (Lipinski definition) is 2. The van der Waals surface area contributed by atoms with Gasteiger partial charge in [0.2, 0.25) is 0 Å². The number of ketones is 1. The molecule has 0 spiro atoms. The molecule has 0 fully saturated rings. The van der Waals surface area contributed by atoms with Gasteiger partial charge in [0.1, 0.15) is 17.3 Å². The summed E-state index contributed by atoms with van der Waals surface area (Å²) in [6.07, 6.45) is 0.935. The Hall–Kier alpha value is -3.72. The van der Waals surface area contributed by atoms with Crippen LogP contribution in [0.1, 0.15) is 40.0 Å². The number of rotatable bonds is 7. The van der Waals surface area contributed by atoms with Gasteiger partial charge in [-0.15, -0.1) is 0 Å². The largest absolute Gasteiger partial charge is 0.504 e. The highest BCUT2D eigenvalue weighted by Crippen LogP contribution is 2.30. The van der Waals surface area contributed by atoms with Crippen molar-refractivity contribution >= 4 is 22.7 Å². The number of nitrogens with zero attached hydrogens (tertiary/aromatic N) is 2. The second kappa shape index (κ2) is 8.31. The number of carbonyl (C=O) groups is 2. The maximum Gasteiger partial charge on any atom is 0.303 e. The minimum Gasteiger partial charge on any atom is -0.504 e. The van der Waals surface area contributed by atoms with Crippen LogP contribution in [0, 0.1) is 11.3 Å².